The topological polar surface area (TPSA) is 78.3 Å². The van der Waals surface area contributed by atoms with E-state index in [0.29, 0.717) is 6.42 Å². The number of esters is 2. The number of rotatable bonds is 3. The number of furan rings is 1. The molecule has 4 rings (SSSR count). The maximum Gasteiger partial charge on any atom is 0.341 e. The van der Waals surface area contributed by atoms with E-state index in [1.807, 2.05) is 20.8 Å². The normalized spacial score (nSPS) is 41.6. The van der Waals surface area contributed by atoms with E-state index in [0.717, 1.165) is 30.6 Å². The molecule has 1 unspecified atom stereocenters. The highest BCUT2D eigenvalue weighted by Crippen LogP contribution is 2.55. The van der Waals surface area contributed by atoms with Crippen LogP contribution in [0.1, 0.15) is 64.3 Å². The predicted octanol–water partition coefficient (Wildman–Crippen LogP) is 3.51. The minimum atomic E-state index is -0.898. The molecule has 1 aromatic rings. The molecule has 0 radical (unpaired) electrons. The zero-order valence-corrected chi connectivity index (χ0v) is 17.6. The van der Waals surface area contributed by atoms with Gasteiger partial charge in [0.25, 0.3) is 0 Å². The molecule has 1 saturated carbocycles. The van der Waals surface area contributed by atoms with Crippen molar-refractivity contribution in [1.82, 2.24) is 0 Å². The maximum absolute atomic E-state index is 12.7. The number of carbonyl (C=O) groups excluding carboxylic acids is 2. The smallest absolute Gasteiger partial charge is 0.341 e. The molecule has 6 heteroatoms. The Bertz CT molecular complexity index is 827. The van der Waals surface area contributed by atoms with Crippen LogP contribution in [-0.2, 0) is 36.6 Å². The number of ether oxygens (including phenoxy) is 3. The van der Waals surface area contributed by atoms with Crippen LogP contribution >= 0.6 is 0 Å². The molecule has 2 fully saturated rings. The third-order valence-corrected chi connectivity index (χ3v) is 7.47. The average molecular weight is 390 g/mol. The summed E-state index contributed by atoms with van der Waals surface area (Å²) in [6.45, 7) is 11.2. The van der Waals surface area contributed by atoms with Gasteiger partial charge in [0.2, 0.25) is 0 Å². The molecule has 0 bridgehead atoms. The fraction of sp³-hybridized carbons (Fsp3) is 0.727. The molecule has 1 saturated heterocycles. The summed E-state index contributed by atoms with van der Waals surface area (Å²) in [5.74, 6) is 0.335. The number of epoxide rings is 1. The molecule has 6 nitrogen and oxygen atoms in total. The number of aryl methyl sites for hydroxylation is 1. The standard InChI is InChI=1S/C22H30O6/c1-12-11-25-16-10-20(4)8-7-18(26-19(24)21(5)13(2)27-21)22(6,28-14(3)23)17(20)9-15(12)16/h11,13,17-18H,7-10H2,1-6H3/t13-,17?,18-,20-,21-,22+/m1/s1. The largest absolute Gasteiger partial charge is 0.469 e. The number of carbonyl (C=O) groups is 2. The lowest BCUT2D eigenvalue weighted by Gasteiger charge is -2.55. The van der Waals surface area contributed by atoms with Crippen LogP contribution in [-0.4, -0.2) is 35.3 Å². The molecule has 0 spiro atoms. The third kappa shape index (κ3) is 2.79. The van der Waals surface area contributed by atoms with Gasteiger partial charge in [-0.15, -0.1) is 0 Å². The molecule has 28 heavy (non-hydrogen) atoms. The molecule has 154 valence electrons. The van der Waals surface area contributed by atoms with Crippen molar-refractivity contribution in [3.8, 4) is 0 Å². The summed E-state index contributed by atoms with van der Waals surface area (Å²) in [7, 11) is 0. The lowest BCUT2D eigenvalue weighted by molar-refractivity contribution is -0.219. The SMILES string of the molecule is CC(=O)O[C@@]1(C)C2Cc3c(C)coc3C[C@@]2(C)CC[C@H]1OC(=O)[C@]1(C)O[C@@H]1C. The molecular formula is C22H30O6. The predicted molar refractivity (Wildman–Crippen MR) is 101 cm³/mol. The molecule has 3 aliphatic rings. The Kier molecular flexibility index (Phi) is 4.24. The highest BCUT2D eigenvalue weighted by molar-refractivity contribution is 5.83. The summed E-state index contributed by atoms with van der Waals surface area (Å²) < 4.78 is 23.1. The van der Waals surface area contributed by atoms with Gasteiger partial charge in [-0.05, 0) is 63.5 Å². The van der Waals surface area contributed by atoms with E-state index in [9.17, 15) is 9.59 Å². The van der Waals surface area contributed by atoms with Crippen LogP contribution in [0, 0.1) is 18.3 Å². The van der Waals surface area contributed by atoms with Gasteiger partial charge < -0.3 is 18.6 Å². The molecule has 1 aliphatic heterocycles. The Morgan fingerprint density at radius 2 is 1.93 bits per heavy atom. The van der Waals surface area contributed by atoms with Crippen LogP contribution in [0.3, 0.4) is 0 Å². The Labute approximate surface area is 165 Å². The Morgan fingerprint density at radius 1 is 1.25 bits per heavy atom. The van der Waals surface area contributed by atoms with Crippen molar-refractivity contribution in [3.63, 3.8) is 0 Å². The molecule has 0 N–H and O–H groups in total. The Morgan fingerprint density at radius 3 is 2.54 bits per heavy atom. The van der Waals surface area contributed by atoms with Crippen LogP contribution in [0.15, 0.2) is 10.7 Å². The number of fused-ring (bicyclic) bond motifs is 2. The first-order valence-corrected chi connectivity index (χ1v) is 10.1. The Hall–Kier alpha value is -1.82. The zero-order valence-electron chi connectivity index (χ0n) is 17.6. The zero-order chi connectivity index (χ0) is 20.5. The molecular weight excluding hydrogens is 360 g/mol. The molecule has 0 aromatic carbocycles. The molecule has 0 amide bonds. The van der Waals surface area contributed by atoms with Gasteiger partial charge in [0, 0.05) is 19.3 Å². The molecule has 6 atom stereocenters. The second-order valence-corrected chi connectivity index (χ2v) is 9.49. The maximum atomic E-state index is 12.7. The van der Waals surface area contributed by atoms with Gasteiger partial charge in [-0.25, -0.2) is 4.79 Å². The van der Waals surface area contributed by atoms with Crippen molar-refractivity contribution in [3.05, 3.63) is 23.2 Å². The van der Waals surface area contributed by atoms with Crippen molar-refractivity contribution in [1.29, 1.82) is 0 Å². The van der Waals surface area contributed by atoms with Crippen LogP contribution < -0.4 is 0 Å². The van der Waals surface area contributed by atoms with Crippen molar-refractivity contribution in [2.45, 2.75) is 90.6 Å². The lowest BCUT2D eigenvalue weighted by atomic mass is 9.54. The first kappa shape index (κ1) is 19.5. The van der Waals surface area contributed by atoms with Gasteiger partial charge in [-0.3, -0.25) is 4.79 Å². The minimum Gasteiger partial charge on any atom is -0.469 e. The minimum absolute atomic E-state index is 0.0320. The average Bonchev–Trinajstić information content (AvgIpc) is 3.07. The summed E-state index contributed by atoms with van der Waals surface area (Å²) in [6, 6.07) is 0. The van der Waals surface area contributed by atoms with E-state index in [4.69, 9.17) is 18.6 Å². The van der Waals surface area contributed by atoms with Crippen molar-refractivity contribution >= 4 is 11.9 Å². The Balaban J connectivity index is 1.67. The van der Waals surface area contributed by atoms with Gasteiger partial charge in [-0.1, -0.05) is 6.92 Å². The van der Waals surface area contributed by atoms with E-state index in [1.54, 1.807) is 13.2 Å². The van der Waals surface area contributed by atoms with Crippen molar-refractivity contribution in [2.75, 3.05) is 0 Å². The summed E-state index contributed by atoms with van der Waals surface area (Å²) in [5, 5.41) is 0. The summed E-state index contributed by atoms with van der Waals surface area (Å²) in [6.07, 6.45) is 4.22. The van der Waals surface area contributed by atoms with Crippen LogP contribution in [0.2, 0.25) is 0 Å². The van der Waals surface area contributed by atoms with Gasteiger partial charge in [0.15, 0.2) is 5.60 Å². The number of hydrogen-bond donors (Lipinski definition) is 0. The summed E-state index contributed by atoms with van der Waals surface area (Å²) >= 11 is 0. The van der Waals surface area contributed by atoms with Gasteiger partial charge >= 0.3 is 11.9 Å². The van der Waals surface area contributed by atoms with E-state index >= 15 is 0 Å². The second kappa shape index (κ2) is 6.09. The van der Waals surface area contributed by atoms with E-state index in [-0.39, 0.29) is 29.4 Å². The number of hydrogen-bond acceptors (Lipinski definition) is 6. The van der Waals surface area contributed by atoms with Crippen LogP contribution in [0.25, 0.3) is 0 Å². The van der Waals surface area contributed by atoms with Crippen LogP contribution in [0.4, 0.5) is 0 Å². The molecule has 1 aromatic heterocycles. The quantitative estimate of drug-likeness (QED) is 0.580. The summed E-state index contributed by atoms with van der Waals surface area (Å²) in [4.78, 5) is 24.8. The van der Waals surface area contributed by atoms with Gasteiger partial charge in [0.05, 0.1) is 12.4 Å². The van der Waals surface area contributed by atoms with E-state index < -0.39 is 17.3 Å². The third-order valence-electron chi connectivity index (χ3n) is 7.47. The van der Waals surface area contributed by atoms with E-state index in [2.05, 4.69) is 6.92 Å². The summed E-state index contributed by atoms with van der Waals surface area (Å²) in [5.41, 5.74) is 0.439. The van der Waals surface area contributed by atoms with E-state index in [1.165, 1.54) is 12.5 Å². The van der Waals surface area contributed by atoms with Crippen molar-refractivity contribution < 1.29 is 28.2 Å². The first-order chi connectivity index (χ1) is 13.0. The fourth-order valence-corrected chi connectivity index (χ4v) is 5.43. The van der Waals surface area contributed by atoms with Gasteiger partial charge in [-0.2, -0.15) is 0 Å². The molecule has 2 heterocycles. The molecule has 2 aliphatic carbocycles. The highest BCUT2D eigenvalue weighted by atomic mass is 16.7. The first-order valence-electron chi connectivity index (χ1n) is 10.1. The monoisotopic (exact) mass is 390 g/mol. The highest BCUT2D eigenvalue weighted by Gasteiger charge is 2.62. The second-order valence-electron chi connectivity index (χ2n) is 9.49. The van der Waals surface area contributed by atoms with Gasteiger partial charge in [0.1, 0.15) is 17.5 Å². The fourth-order valence-electron chi connectivity index (χ4n) is 5.43. The van der Waals surface area contributed by atoms with Crippen molar-refractivity contribution in [2.24, 2.45) is 11.3 Å². The lowest BCUT2D eigenvalue weighted by Crippen LogP contribution is -2.62. The van der Waals surface area contributed by atoms with Crippen LogP contribution in [0.5, 0.6) is 0 Å².